The van der Waals surface area contributed by atoms with E-state index in [0.29, 0.717) is 17.8 Å². The predicted molar refractivity (Wildman–Crippen MR) is 137 cm³/mol. The summed E-state index contributed by atoms with van der Waals surface area (Å²) >= 11 is 0. The molecule has 0 unspecified atom stereocenters. The van der Waals surface area contributed by atoms with E-state index in [1.165, 1.54) is 50.5 Å². The Morgan fingerprint density at radius 2 is 2.00 bits per heavy atom. The summed E-state index contributed by atoms with van der Waals surface area (Å²) in [5.74, 6) is 1.79. The Balaban J connectivity index is 1.32. The van der Waals surface area contributed by atoms with Crippen LogP contribution in [0.5, 0.6) is 0 Å². The first kappa shape index (κ1) is 26.1. The van der Waals surface area contributed by atoms with Gasteiger partial charge in [0.15, 0.2) is 0 Å². The number of hydrogen-bond donors (Lipinski definition) is 3. The van der Waals surface area contributed by atoms with E-state index in [2.05, 4.69) is 48.4 Å². The van der Waals surface area contributed by atoms with E-state index in [4.69, 9.17) is 0 Å². The Labute approximate surface area is 201 Å². The Morgan fingerprint density at radius 1 is 1.18 bits per heavy atom. The van der Waals surface area contributed by atoms with Crippen LogP contribution in [0.25, 0.3) is 0 Å². The fourth-order valence-corrected chi connectivity index (χ4v) is 5.72. The third-order valence-corrected chi connectivity index (χ3v) is 7.63. The van der Waals surface area contributed by atoms with Crippen LogP contribution in [0.3, 0.4) is 0 Å². The SMILES string of the molecule is CCCC[C@H](C)C[C@H](O)C=C[C@@H]1[C@H]2CC(CCCCCNCc3ccncc3)=C[C@H]2C[C@H]1O. The molecule has 3 rings (SSSR count). The predicted octanol–water partition coefficient (Wildman–Crippen LogP) is 5.81. The van der Waals surface area contributed by atoms with E-state index in [0.717, 1.165) is 32.4 Å². The highest BCUT2D eigenvalue weighted by molar-refractivity contribution is 5.21. The maximum absolute atomic E-state index is 10.6. The summed E-state index contributed by atoms with van der Waals surface area (Å²) in [5, 5.41) is 24.6. The van der Waals surface area contributed by atoms with E-state index in [-0.39, 0.29) is 18.1 Å². The summed E-state index contributed by atoms with van der Waals surface area (Å²) in [5.41, 5.74) is 2.88. The Bertz CT molecular complexity index is 732. The Hall–Kier alpha value is -1.49. The van der Waals surface area contributed by atoms with Crippen LogP contribution in [0.4, 0.5) is 0 Å². The van der Waals surface area contributed by atoms with Crippen molar-refractivity contribution in [2.75, 3.05) is 6.54 Å². The molecule has 0 aliphatic heterocycles. The van der Waals surface area contributed by atoms with Gasteiger partial charge in [0.25, 0.3) is 0 Å². The largest absolute Gasteiger partial charge is 0.392 e. The maximum atomic E-state index is 10.6. The van der Waals surface area contributed by atoms with E-state index in [1.807, 2.05) is 18.5 Å². The van der Waals surface area contributed by atoms with Crippen LogP contribution in [-0.2, 0) is 6.54 Å². The standard InChI is InChI=1S/C29H46N2O2/c1-3-4-8-22(2)17-26(32)10-11-27-28-19-24(18-25(28)20-29(27)33)9-6-5-7-14-31-21-23-12-15-30-16-13-23/h10-13,15-16,18,22,25-29,31-33H,3-9,14,17,19-21H2,1-2H3/t22-,25-,26+,27+,28-,29+/m0/s1. The summed E-state index contributed by atoms with van der Waals surface area (Å²) < 4.78 is 0. The summed E-state index contributed by atoms with van der Waals surface area (Å²) in [7, 11) is 0. The zero-order valence-corrected chi connectivity index (χ0v) is 20.8. The van der Waals surface area contributed by atoms with E-state index >= 15 is 0 Å². The van der Waals surface area contributed by atoms with Crippen molar-refractivity contribution < 1.29 is 10.2 Å². The zero-order valence-electron chi connectivity index (χ0n) is 20.8. The van der Waals surface area contributed by atoms with Gasteiger partial charge >= 0.3 is 0 Å². The highest BCUT2D eigenvalue weighted by Gasteiger charge is 2.43. The van der Waals surface area contributed by atoms with Crippen molar-refractivity contribution in [3.8, 4) is 0 Å². The van der Waals surface area contributed by atoms with Crippen molar-refractivity contribution in [3.63, 3.8) is 0 Å². The molecule has 1 heterocycles. The maximum Gasteiger partial charge on any atom is 0.0723 e. The molecule has 6 atom stereocenters. The van der Waals surface area contributed by atoms with Gasteiger partial charge in [0.2, 0.25) is 0 Å². The zero-order chi connectivity index (χ0) is 23.5. The Morgan fingerprint density at radius 3 is 2.79 bits per heavy atom. The lowest BCUT2D eigenvalue weighted by atomic mass is 9.88. The van der Waals surface area contributed by atoms with Gasteiger partial charge in [-0.25, -0.2) is 0 Å². The molecule has 2 aliphatic rings. The number of aliphatic hydroxyl groups excluding tert-OH is 2. The number of pyridine rings is 1. The molecular formula is C29H46N2O2. The number of hydrogen-bond acceptors (Lipinski definition) is 4. The van der Waals surface area contributed by atoms with Crippen LogP contribution >= 0.6 is 0 Å². The highest BCUT2D eigenvalue weighted by Crippen LogP contribution is 2.48. The summed E-state index contributed by atoms with van der Waals surface area (Å²) in [6.45, 7) is 6.43. The fourth-order valence-electron chi connectivity index (χ4n) is 5.72. The lowest BCUT2D eigenvalue weighted by Gasteiger charge is -2.19. The third-order valence-electron chi connectivity index (χ3n) is 7.63. The molecular weight excluding hydrogens is 408 g/mol. The molecule has 184 valence electrons. The molecule has 4 nitrogen and oxygen atoms in total. The van der Waals surface area contributed by atoms with Crippen LogP contribution in [0, 0.1) is 23.7 Å². The van der Waals surface area contributed by atoms with Crippen molar-refractivity contribution in [1.29, 1.82) is 0 Å². The average Bonchev–Trinajstić information content (AvgIpc) is 3.32. The van der Waals surface area contributed by atoms with Crippen LogP contribution in [0.2, 0.25) is 0 Å². The minimum atomic E-state index is -0.385. The number of nitrogens with zero attached hydrogens (tertiary/aromatic N) is 1. The van der Waals surface area contributed by atoms with Gasteiger partial charge in [-0.05, 0) is 80.5 Å². The molecule has 4 heteroatoms. The second kappa shape index (κ2) is 14.0. The molecule has 0 spiro atoms. The minimum Gasteiger partial charge on any atom is -0.392 e. The van der Waals surface area contributed by atoms with Crippen LogP contribution in [0.15, 0.2) is 48.3 Å². The molecule has 0 aromatic carbocycles. The molecule has 3 N–H and O–H groups in total. The summed E-state index contributed by atoms with van der Waals surface area (Å²) in [4.78, 5) is 4.06. The molecule has 0 radical (unpaired) electrons. The van der Waals surface area contributed by atoms with Gasteiger partial charge in [-0.1, -0.05) is 63.3 Å². The van der Waals surface area contributed by atoms with Crippen LogP contribution < -0.4 is 5.32 Å². The van der Waals surface area contributed by atoms with Gasteiger partial charge in [0.1, 0.15) is 0 Å². The summed E-state index contributed by atoms with van der Waals surface area (Å²) in [6.07, 6.45) is 21.0. The lowest BCUT2D eigenvalue weighted by molar-refractivity contribution is 0.139. The van der Waals surface area contributed by atoms with Gasteiger partial charge < -0.3 is 15.5 Å². The molecule has 0 bridgehead atoms. The lowest BCUT2D eigenvalue weighted by Crippen LogP contribution is -2.18. The molecule has 1 fully saturated rings. The van der Waals surface area contributed by atoms with Crippen molar-refractivity contribution >= 4 is 0 Å². The van der Waals surface area contributed by atoms with Gasteiger partial charge in [0, 0.05) is 24.9 Å². The van der Waals surface area contributed by atoms with Gasteiger partial charge in [-0.15, -0.1) is 0 Å². The normalized spacial score (nSPS) is 26.5. The monoisotopic (exact) mass is 454 g/mol. The molecule has 0 amide bonds. The van der Waals surface area contributed by atoms with Crippen molar-refractivity contribution in [2.45, 2.75) is 96.8 Å². The number of nitrogens with one attached hydrogen (secondary N) is 1. The van der Waals surface area contributed by atoms with Crippen molar-refractivity contribution in [3.05, 3.63) is 53.9 Å². The number of allylic oxidation sites excluding steroid dienone is 2. The number of fused-ring (bicyclic) bond motifs is 1. The number of rotatable bonds is 15. The van der Waals surface area contributed by atoms with Crippen LogP contribution in [0.1, 0.15) is 83.6 Å². The van der Waals surface area contributed by atoms with Crippen molar-refractivity contribution in [1.82, 2.24) is 10.3 Å². The fraction of sp³-hybridized carbons (Fsp3) is 0.690. The molecule has 33 heavy (non-hydrogen) atoms. The quantitative estimate of drug-likeness (QED) is 0.231. The first-order valence-corrected chi connectivity index (χ1v) is 13.4. The third kappa shape index (κ3) is 8.66. The molecule has 2 aliphatic carbocycles. The first-order valence-electron chi connectivity index (χ1n) is 13.4. The molecule has 1 aromatic heterocycles. The number of aliphatic hydroxyl groups is 2. The second-order valence-electron chi connectivity index (χ2n) is 10.5. The highest BCUT2D eigenvalue weighted by atomic mass is 16.3. The van der Waals surface area contributed by atoms with Gasteiger partial charge in [-0.3, -0.25) is 4.98 Å². The van der Waals surface area contributed by atoms with Gasteiger partial charge in [0.05, 0.1) is 12.2 Å². The average molecular weight is 455 g/mol. The van der Waals surface area contributed by atoms with Gasteiger partial charge in [-0.2, -0.15) is 0 Å². The van der Waals surface area contributed by atoms with E-state index in [9.17, 15) is 10.2 Å². The second-order valence-corrected chi connectivity index (χ2v) is 10.5. The van der Waals surface area contributed by atoms with E-state index < -0.39 is 0 Å². The number of unbranched alkanes of at least 4 members (excludes halogenated alkanes) is 3. The molecule has 0 saturated heterocycles. The van der Waals surface area contributed by atoms with Crippen molar-refractivity contribution in [2.24, 2.45) is 23.7 Å². The van der Waals surface area contributed by atoms with Crippen LogP contribution in [-0.4, -0.2) is 33.9 Å². The smallest absolute Gasteiger partial charge is 0.0723 e. The molecule has 1 aromatic rings. The Kier molecular flexibility index (Phi) is 11.1. The summed E-state index contributed by atoms with van der Waals surface area (Å²) in [6, 6.07) is 4.12. The first-order chi connectivity index (χ1) is 16.1. The van der Waals surface area contributed by atoms with E-state index in [1.54, 1.807) is 5.57 Å². The minimum absolute atomic E-state index is 0.196. The number of aromatic nitrogens is 1. The topological polar surface area (TPSA) is 65.4 Å². The molecule has 1 saturated carbocycles.